The third kappa shape index (κ3) is 3.11. The minimum absolute atomic E-state index is 0.607. The fourth-order valence-electron chi connectivity index (χ4n) is 1.66. The van der Waals surface area contributed by atoms with Gasteiger partial charge in [0.05, 0.1) is 13.7 Å². The van der Waals surface area contributed by atoms with Crippen LogP contribution < -0.4 is 10.1 Å². The Morgan fingerprint density at radius 1 is 1.28 bits per heavy atom. The third-order valence-corrected chi connectivity index (χ3v) is 2.62. The summed E-state index contributed by atoms with van der Waals surface area (Å²) in [6, 6.07) is 7.72. The van der Waals surface area contributed by atoms with Crippen LogP contribution in [0.4, 0.5) is 0 Å². The Bertz CT molecular complexity index is 477. The van der Waals surface area contributed by atoms with Crippen LogP contribution in [-0.4, -0.2) is 18.6 Å². The largest absolute Gasteiger partial charge is 0.481 e. The lowest BCUT2D eigenvalue weighted by molar-refractivity contribution is 0.398. The van der Waals surface area contributed by atoms with Gasteiger partial charge in [-0.2, -0.15) is 0 Å². The Morgan fingerprint density at radius 3 is 2.83 bits per heavy atom. The first-order valence-electron chi connectivity index (χ1n) is 6.13. The number of nitrogens with one attached hydrogen (secondary N) is 1. The predicted octanol–water partition coefficient (Wildman–Crippen LogP) is 2.85. The van der Waals surface area contributed by atoms with Crippen LogP contribution in [0.2, 0.25) is 0 Å². The van der Waals surface area contributed by atoms with Gasteiger partial charge < -0.3 is 14.5 Å². The van der Waals surface area contributed by atoms with Gasteiger partial charge in [0.25, 0.3) is 0 Å². The maximum Gasteiger partial charge on any atom is 0.212 e. The van der Waals surface area contributed by atoms with Gasteiger partial charge in [0.15, 0.2) is 0 Å². The molecule has 2 rings (SSSR count). The van der Waals surface area contributed by atoms with Crippen LogP contribution in [0.3, 0.4) is 0 Å². The van der Waals surface area contributed by atoms with Crippen molar-refractivity contribution in [3.63, 3.8) is 0 Å². The number of aromatic nitrogens is 1. The highest BCUT2D eigenvalue weighted by atomic mass is 16.5. The van der Waals surface area contributed by atoms with E-state index in [1.165, 1.54) is 0 Å². The molecule has 1 N–H and O–H groups in total. The van der Waals surface area contributed by atoms with E-state index in [4.69, 9.17) is 9.15 Å². The van der Waals surface area contributed by atoms with Crippen molar-refractivity contribution in [1.82, 2.24) is 10.3 Å². The van der Waals surface area contributed by atoms with Crippen LogP contribution in [0.1, 0.15) is 19.1 Å². The first kappa shape index (κ1) is 12.6. The van der Waals surface area contributed by atoms with Gasteiger partial charge in [-0.25, -0.2) is 4.98 Å². The number of rotatable bonds is 6. The van der Waals surface area contributed by atoms with Gasteiger partial charge in [-0.15, -0.1) is 0 Å². The minimum Gasteiger partial charge on any atom is -0.481 e. The van der Waals surface area contributed by atoms with E-state index in [-0.39, 0.29) is 0 Å². The molecule has 0 radical (unpaired) electrons. The molecule has 0 fully saturated rings. The van der Waals surface area contributed by atoms with Crippen molar-refractivity contribution >= 4 is 0 Å². The van der Waals surface area contributed by atoms with Crippen molar-refractivity contribution in [3.8, 4) is 17.2 Å². The van der Waals surface area contributed by atoms with Gasteiger partial charge in [-0.05, 0) is 31.2 Å². The Labute approximate surface area is 107 Å². The maximum atomic E-state index is 5.75. The van der Waals surface area contributed by atoms with Gasteiger partial charge in [-0.1, -0.05) is 6.92 Å². The SMILES string of the molecule is CCCNCc1ccc(-c2ccc(OC)nc2)o1. The average molecular weight is 246 g/mol. The summed E-state index contributed by atoms with van der Waals surface area (Å²) in [6.45, 7) is 3.90. The zero-order valence-electron chi connectivity index (χ0n) is 10.8. The van der Waals surface area contributed by atoms with Crippen LogP contribution >= 0.6 is 0 Å². The average Bonchev–Trinajstić information content (AvgIpc) is 2.88. The molecule has 0 saturated carbocycles. The Kier molecular flexibility index (Phi) is 4.36. The van der Waals surface area contributed by atoms with Gasteiger partial charge >= 0.3 is 0 Å². The molecular weight excluding hydrogens is 228 g/mol. The summed E-state index contributed by atoms with van der Waals surface area (Å²) in [6.07, 6.45) is 2.87. The van der Waals surface area contributed by atoms with E-state index in [1.54, 1.807) is 13.3 Å². The van der Waals surface area contributed by atoms with Gasteiger partial charge in [-0.3, -0.25) is 0 Å². The second kappa shape index (κ2) is 6.21. The molecule has 4 heteroatoms. The van der Waals surface area contributed by atoms with Gasteiger partial charge in [0.2, 0.25) is 5.88 Å². The highest BCUT2D eigenvalue weighted by molar-refractivity contribution is 5.56. The number of furan rings is 1. The summed E-state index contributed by atoms with van der Waals surface area (Å²) in [7, 11) is 1.60. The molecule has 0 bridgehead atoms. The second-order valence-electron chi connectivity index (χ2n) is 4.03. The van der Waals surface area contributed by atoms with Crippen LogP contribution in [0.5, 0.6) is 5.88 Å². The number of nitrogens with zero attached hydrogens (tertiary/aromatic N) is 1. The summed E-state index contributed by atoms with van der Waals surface area (Å²) in [5.74, 6) is 2.38. The molecule has 96 valence electrons. The third-order valence-electron chi connectivity index (χ3n) is 2.62. The van der Waals surface area contributed by atoms with Crippen molar-refractivity contribution in [2.75, 3.05) is 13.7 Å². The van der Waals surface area contributed by atoms with E-state index in [1.807, 2.05) is 24.3 Å². The molecule has 18 heavy (non-hydrogen) atoms. The molecule has 2 heterocycles. The standard InChI is InChI=1S/C14H18N2O2/c1-3-8-15-10-12-5-6-13(18-12)11-4-7-14(17-2)16-9-11/h4-7,9,15H,3,8,10H2,1-2H3. The zero-order valence-corrected chi connectivity index (χ0v) is 10.8. The van der Waals surface area contributed by atoms with Crippen molar-refractivity contribution in [3.05, 3.63) is 36.2 Å². The fourth-order valence-corrected chi connectivity index (χ4v) is 1.66. The molecule has 0 aliphatic carbocycles. The molecule has 0 amide bonds. The van der Waals surface area contributed by atoms with Crippen molar-refractivity contribution in [2.45, 2.75) is 19.9 Å². The van der Waals surface area contributed by atoms with Crippen LogP contribution in [0.15, 0.2) is 34.9 Å². The monoisotopic (exact) mass is 246 g/mol. The first-order valence-corrected chi connectivity index (χ1v) is 6.13. The van der Waals surface area contributed by atoms with Crippen molar-refractivity contribution in [2.24, 2.45) is 0 Å². The number of pyridine rings is 1. The minimum atomic E-state index is 0.607. The Morgan fingerprint density at radius 2 is 2.17 bits per heavy atom. The van der Waals surface area contributed by atoms with E-state index in [0.717, 1.165) is 36.6 Å². The molecule has 0 aliphatic heterocycles. The number of hydrogen-bond acceptors (Lipinski definition) is 4. The molecule has 0 unspecified atom stereocenters. The predicted molar refractivity (Wildman–Crippen MR) is 70.5 cm³/mol. The highest BCUT2D eigenvalue weighted by Gasteiger charge is 2.05. The lowest BCUT2D eigenvalue weighted by Gasteiger charge is -2.01. The smallest absolute Gasteiger partial charge is 0.212 e. The molecule has 0 spiro atoms. The van der Waals surface area contributed by atoms with Gasteiger partial charge in [0, 0.05) is 17.8 Å². The lowest BCUT2D eigenvalue weighted by atomic mass is 10.2. The molecule has 0 aromatic carbocycles. The first-order chi connectivity index (χ1) is 8.83. The molecule has 0 saturated heterocycles. The van der Waals surface area contributed by atoms with Crippen molar-refractivity contribution < 1.29 is 9.15 Å². The zero-order chi connectivity index (χ0) is 12.8. The molecule has 0 aliphatic rings. The van der Waals surface area contributed by atoms with E-state index in [9.17, 15) is 0 Å². The van der Waals surface area contributed by atoms with E-state index < -0.39 is 0 Å². The number of hydrogen-bond donors (Lipinski definition) is 1. The number of methoxy groups -OCH3 is 1. The molecule has 4 nitrogen and oxygen atoms in total. The lowest BCUT2D eigenvalue weighted by Crippen LogP contribution is -2.12. The van der Waals surface area contributed by atoms with Crippen LogP contribution in [0, 0.1) is 0 Å². The second-order valence-corrected chi connectivity index (χ2v) is 4.03. The Hall–Kier alpha value is -1.81. The summed E-state index contributed by atoms with van der Waals surface area (Å²) in [5, 5.41) is 3.31. The topological polar surface area (TPSA) is 47.3 Å². The summed E-state index contributed by atoms with van der Waals surface area (Å²) < 4.78 is 10.8. The van der Waals surface area contributed by atoms with E-state index in [0.29, 0.717) is 5.88 Å². The number of ether oxygens (including phenoxy) is 1. The normalized spacial score (nSPS) is 10.6. The van der Waals surface area contributed by atoms with E-state index >= 15 is 0 Å². The maximum absolute atomic E-state index is 5.75. The molecule has 2 aromatic heterocycles. The Balaban J connectivity index is 2.04. The summed E-state index contributed by atoms with van der Waals surface area (Å²) in [5.41, 5.74) is 0.956. The molecule has 0 atom stereocenters. The molecular formula is C14H18N2O2. The quantitative estimate of drug-likeness (QED) is 0.796. The van der Waals surface area contributed by atoms with E-state index in [2.05, 4.69) is 17.2 Å². The highest BCUT2D eigenvalue weighted by Crippen LogP contribution is 2.22. The van der Waals surface area contributed by atoms with Crippen LogP contribution in [0.25, 0.3) is 11.3 Å². The summed E-state index contributed by atoms with van der Waals surface area (Å²) in [4.78, 5) is 4.16. The molecule has 2 aromatic rings. The summed E-state index contributed by atoms with van der Waals surface area (Å²) >= 11 is 0. The van der Waals surface area contributed by atoms with Gasteiger partial charge in [0.1, 0.15) is 11.5 Å². The van der Waals surface area contributed by atoms with Crippen LogP contribution in [-0.2, 0) is 6.54 Å². The fraction of sp³-hybridized carbons (Fsp3) is 0.357. The van der Waals surface area contributed by atoms with Crippen molar-refractivity contribution in [1.29, 1.82) is 0 Å².